The van der Waals surface area contributed by atoms with Gasteiger partial charge in [0.2, 0.25) is 0 Å². The van der Waals surface area contributed by atoms with Gasteiger partial charge in [0.25, 0.3) is 11.8 Å². The maximum Gasteiger partial charge on any atom is 0.282 e. The Balaban J connectivity index is 1.84. The van der Waals surface area contributed by atoms with E-state index >= 15 is 0 Å². The first-order chi connectivity index (χ1) is 14.9. The number of nitrogens with zero attached hydrogens (tertiary/aromatic N) is 1. The number of nitrogens with one attached hydrogen (secondary N) is 1. The van der Waals surface area contributed by atoms with Gasteiger partial charge in [-0.15, -0.1) is 0 Å². The van der Waals surface area contributed by atoms with Crippen molar-refractivity contribution in [3.63, 3.8) is 0 Å². The number of ether oxygens (including phenoxy) is 1. The summed E-state index contributed by atoms with van der Waals surface area (Å²) in [7, 11) is 1.57. The van der Waals surface area contributed by atoms with E-state index in [0.717, 1.165) is 22.4 Å². The number of imide groups is 1. The topological polar surface area (TPSA) is 58.6 Å². The highest BCUT2D eigenvalue weighted by atomic mass is 16.5. The zero-order chi connectivity index (χ0) is 22.1. The van der Waals surface area contributed by atoms with E-state index in [0.29, 0.717) is 22.6 Å². The van der Waals surface area contributed by atoms with Crippen molar-refractivity contribution in [1.29, 1.82) is 0 Å². The zero-order valence-corrected chi connectivity index (χ0v) is 18.0. The lowest BCUT2D eigenvalue weighted by molar-refractivity contribution is -0.120. The van der Waals surface area contributed by atoms with E-state index in [1.54, 1.807) is 31.4 Å². The predicted octanol–water partition coefficient (Wildman–Crippen LogP) is 5.02. The quantitative estimate of drug-likeness (QED) is 0.598. The van der Waals surface area contributed by atoms with Crippen LogP contribution in [0.25, 0.3) is 5.57 Å². The molecule has 3 aromatic rings. The molecule has 0 fully saturated rings. The van der Waals surface area contributed by atoms with Crippen molar-refractivity contribution < 1.29 is 14.3 Å². The van der Waals surface area contributed by atoms with E-state index in [2.05, 4.69) is 5.32 Å². The van der Waals surface area contributed by atoms with E-state index in [9.17, 15) is 9.59 Å². The molecule has 2 amide bonds. The Labute approximate surface area is 182 Å². The van der Waals surface area contributed by atoms with Gasteiger partial charge in [0.05, 0.1) is 18.4 Å². The van der Waals surface area contributed by atoms with Crippen molar-refractivity contribution >= 4 is 28.8 Å². The fourth-order valence-corrected chi connectivity index (χ4v) is 3.62. The van der Waals surface area contributed by atoms with Gasteiger partial charge in [0, 0.05) is 5.69 Å². The van der Waals surface area contributed by atoms with Gasteiger partial charge in [-0.3, -0.25) is 9.59 Å². The summed E-state index contributed by atoms with van der Waals surface area (Å²) in [6, 6.07) is 20.4. The third kappa shape index (κ3) is 3.70. The average Bonchev–Trinajstić information content (AvgIpc) is 3.01. The fraction of sp³-hybridized carbons (Fsp3) is 0.154. The van der Waals surface area contributed by atoms with Gasteiger partial charge in [-0.1, -0.05) is 36.4 Å². The van der Waals surface area contributed by atoms with Gasteiger partial charge < -0.3 is 10.1 Å². The molecule has 0 radical (unpaired) electrons. The van der Waals surface area contributed by atoms with Crippen molar-refractivity contribution in [1.82, 2.24) is 0 Å². The highest BCUT2D eigenvalue weighted by molar-refractivity contribution is 6.46. The van der Waals surface area contributed by atoms with Crippen LogP contribution < -0.4 is 15.0 Å². The summed E-state index contributed by atoms with van der Waals surface area (Å²) < 4.78 is 5.20. The third-order valence-corrected chi connectivity index (χ3v) is 5.61. The van der Waals surface area contributed by atoms with Crippen LogP contribution in [-0.2, 0) is 9.59 Å². The molecule has 4 rings (SSSR count). The molecule has 1 aliphatic heterocycles. The highest BCUT2D eigenvalue weighted by Gasteiger charge is 2.40. The smallest absolute Gasteiger partial charge is 0.282 e. The molecular weight excluding hydrogens is 388 g/mol. The van der Waals surface area contributed by atoms with E-state index in [-0.39, 0.29) is 17.5 Å². The lowest BCUT2D eigenvalue weighted by Gasteiger charge is -2.16. The molecule has 0 spiro atoms. The van der Waals surface area contributed by atoms with Crippen LogP contribution in [0.4, 0.5) is 11.4 Å². The Bertz CT molecular complexity index is 1210. The number of anilines is 2. The van der Waals surface area contributed by atoms with E-state index in [4.69, 9.17) is 4.74 Å². The predicted molar refractivity (Wildman–Crippen MR) is 123 cm³/mol. The molecule has 1 aliphatic rings. The molecule has 1 N–H and O–H groups in total. The van der Waals surface area contributed by atoms with Gasteiger partial charge in [-0.05, 0) is 73.4 Å². The van der Waals surface area contributed by atoms with Crippen LogP contribution in [0.3, 0.4) is 0 Å². The van der Waals surface area contributed by atoms with Gasteiger partial charge in [0.1, 0.15) is 11.4 Å². The Morgan fingerprint density at radius 1 is 0.774 bits per heavy atom. The molecule has 0 aromatic heterocycles. The van der Waals surface area contributed by atoms with Crippen LogP contribution in [0.15, 0.2) is 72.4 Å². The standard InChI is InChI=1S/C26H24N2O3/c1-16-9-10-19(15-18(16)3)23-24(27-22-8-6-5-7-17(22)2)26(30)28(25(23)29)20-11-13-21(31-4)14-12-20/h5-15,27H,1-4H3. The van der Waals surface area contributed by atoms with E-state index in [1.165, 1.54) is 4.90 Å². The molecule has 3 aromatic carbocycles. The second-order valence-corrected chi connectivity index (χ2v) is 7.63. The van der Waals surface area contributed by atoms with Gasteiger partial charge >= 0.3 is 0 Å². The lowest BCUT2D eigenvalue weighted by Crippen LogP contribution is -2.32. The van der Waals surface area contributed by atoms with Crippen LogP contribution in [0.2, 0.25) is 0 Å². The van der Waals surface area contributed by atoms with E-state index < -0.39 is 0 Å². The summed E-state index contributed by atoms with van der Waals surface area (Å²) in [5.74, 6) is -0.0791. The summed E-state index contributed by atoms with van der Waals surface area (Å²) in [6.45, 7) is 5.97. The van der Waals surface area contributed by atoms with Gasteiger partial charge in [-0.25, -0.2) is 4.90 Å². The minimum atomic E-state index is -0.383. The minimum Gasteiger partial charge on any atom is -0.497 e. The van der Waals surface area contributed by atoms with Crippen molar-refractivity contribution in [2.45, 2.75) is 20.8 Å². The van der Waals surface area contributed by atoms with Crippen molar-refractivity contribution in [2.75, 3.05) is 17.3 Å². The average molecular weight is 412 g/mol. The van der Waals surface area contributed by atoms with Gasteiger partial charge in [0.15, 0.2) is 0 Å². The number of amides is 2. The molecule has 156 valence electrons. The molecule has 0 atom stereocenters. The number of hydrogen-bond donors (Lipinski definition) is 1. The Morgan fingerprint density at radius 2 is 1.48 bits per heavy atom. The number of methoxy groups -OCH3 is 1. The Kier molecular flexibility index (Phi) is 5.34. The molecule has 0 saturated heterocycles. The summed E-state index contributed by atoms with van der Waals surface area (Å²) in [5, 5.41) is 3.24. The summed E-state index contributed by atoms with van der Waals surface area (Å²) in [5.41, 5.74) is 5.82. The Morgan fingerprint density at radius 3 is 2.13 bits per heavy atom. The molecular formula is C26H24N2O3. The number of carbonyl (C=O) groups is 2. The number of carbonyl (C=O) groups excluding carboxylic acids is 2. The third-order valence-electron chi connectivity index (χ3n) is 5.61. The number of benzene rings is 3. The number of hydrogen-bond acceptors (Lipinski definition) is 4. The second-order valence-electron chi connectivity index (χ2n) is 7.63. The van der Waals surface area contributed by atoms with Crippen molar-refractivity contribution in [3.8, 4) is 5.75 Å². The van der Waals surface area contributed by atoms with E-state index in [1.807, 2.05) is 63.2 Å². The monoisotopic (exact) mass is 412 g/mol. The van der Waals surface area contributed by atoms with Crippen LogP contribution >= 0.6 is 0 Å². The Hall–Kier alpha value is -3.86. The highest BCUT2D eigenvalue weighted by Crippen LogP contribution is 2.35. The summed E-state index contributed by atoms with van der Waals surface area (Å²) in [6.07, 6.45) is 0. The molecule has 0 unspecified atom stereocenters. The first-order valence-electron chi connectivity index (χ1n) is 10.1. The first-order valence-corrected chi connectivity index (χ1v) is 10.1. The SMILES string of the molecule is COc1ccc(N2C(=O)C(Nc3ccccc3C)=C(c3ccc(C)c(C)c3)C2=O)cc1. The maximum absolute atomic E-state index is 13.5. The fourth-order valence-electron chi connectivity index (χ4n) is 3.62. The van der Waals surface area contributed by atoms with Crippen LogP contribution in [0, 0.1) is 20.8 Å². The van der Waals surface area contributed by atoms with Crippen LogP contribution in [0.1, 0.15) is 22.3 Å². The molecule has 0 saturated carbocycles. The largest absolute Gasteiger partial charge is 0.497 e. The molecule has 0 bridgehead atoms. The number of aryl methyl sites for hydroxylation is 3. The van der Waals surface area contributed by atoms with Crippen LogP contribution in [-0.4, -0.2) is 18.9 Å². The maximum atomic E-state index is 13.5. The second kappa shape index (κ2) is 8.11. The molecule has 1 heterocycles. The van der Waals surface area contributed by atoms with Crippen LogP contribution in [0.5, 0.6) is 5.75 Å². The molecule has 31 heavy (non-hydrogen) atoms. The molecule has 5 heteroatoms. The first kappa shape index (κ1) is 20.4. The summed E-state index contributed by atoms with van der Waals surface area (Å²) >= 11 is 0. The van der Waals surface area contributed by atoms with Gasteiger partial charge in [-0.2, -0.15) is 0 Å². The molecule has 5 nitrogen and oxygen atoms in total. The summed E-state index contributed by atoms with van der Waals surface area (Å²) in [4.78, 5) is 28.2. The normalized spacial score (nSPS) is 13.7. The number of rotatable bonds is 5. The number of para-hydroxylation sites is 1. The van der Waals surface area contributed by atoms with Crippen molar-refractivity contribution in [2.24, 2.45) is 0 Å². The van der Waals surface area contributed by atoms with Crippen molar-refractivity contribution in [3.05, 3.63) is 94.7 Å². The zero-order valence-electron chi connectivity index (χ0n) is 18.0. The molecule has 0 aliphatic carbocycles. The minimum absolute atomic E-state index is 0.276. The lowest BCUT2D eigenvalue weighted by atomic mass is 9.99.